The molecule has 2 unspecified atom stereocenters. The van der Waals surface area contributed by atoms with Gasteiger partial charge in [-0.3, -0.25) is 0 Å². The highest BCUT2D eigenvalue weighted by atomic mass is 16.5. The van der Waals surface area contributed by atoms with E-state index in [-0.39, 0.29) is 6.04 Å². The van der Waals surface area contributed by atoms with Gasteiger partial charge in [0.1, 0.15) is 5.75 Å². The van der Waals surface area contributed by atoms with E-state index >= 15 is 0 Å². The first-order valence-corrected chi connectivity index (χ1v) is 6.25. The lowest BCUT2D eigenvalue weighted by Crippen LogP contribution is -2.55. The molecule has 4 heteroatoms. The summed E-state index contributed by atoms with van der Waals surface area (Å²) >= 11 is 0. The highest BCUT2D eigenvalue weighted by Crippen LogP contribution is 2.25. The molecule has 1 aliphatic rings. The van der Waals surface area contributed by atoms with Crippen molar-refractivity contribution in [3.63, 3.8) is 0 Å². The molecule has 96 valence electrons. The van der Waals surface area contributed by atoms with Crippen molar-refractivity contribution in [3.8, 4) is 11.8 Å². The van der Waals surface area contributed by atoms with Crippen LogP contribution in [0.3, 0.4) is 0 Å². The third-order valence-electron chi connectivity index (χ3n) is 3.33. The van der Waals surface area contributed by atoms with E-state index in [2.05, 4.69) is 29.3 Å². The summed E-state index contributed by atoms with van der Waals surface area (Å²) in [6, 6.07) is 11.0. The molecule has 0 radical (unpaired) electrons. The predicted molar refractivity (Wildman–Crippen MR) is 71.8 cm³/mol. The molecule has 1 aromatic rings. The van der Waals surface area contributed by atoms with E-state index in [9.17, 15) is 0 Å². The largest absolute Gasteiger partial charge is 0.497 e. The number of rotatable bonds is 3. The number of hydrogen-bond acceptors (Lipinski definition) is 4. The van der Waals surface area contributed by atoms with Gasteiger partial charge >= 0.3 is 0 Å². The van der Waals surface area contributed by atoms with Gasteiger partial charge in [0.15, 0.2) is 0 Å². The molecule has 4 nitrogen and oxygen atoms in total. The minimum absolute atomic E-state index is 0.235. The molecule has 0 saturated carbocycles. The van der Waals surface area contributed by atoms with Crippen LogP contribution in [0.4, 0.5) is 5.69 Å². The average molecular weight is 245 g/mol. The number of benzene rings is 1. The fourth-order valence-electron chi connectivity index (χ4n) is 2.35. The van der Waals surface area contributed by atoms with E-state index in [0.717, 1.165) is 24.5 Å². The molecule has 1 heterocycles. The molecule has 1 aliphatic heterocycles. The smallest absolute Gasteiger partial charge is 0.120 e. The Morgan fingerprint density at radius 1 is 1.56 bits per heavy atom. The van der Waals surface area contributed by atoms with E-state index in [1.54, 1.807) is 7.11 Å². The highest BCUT2D eigenvalue weighted by molar-refractivity contribution is 5.52. The zero-order valence-corrected chi connectivity index (χ0v) is 10.9. The molecule has 1 aromatic carbocycles. The van der Waals surface area contributed by atoms with Crippen molar-refractivity contribution in [2.24, 2.45) is 0 Å². The zero-order valence-electron chi connectivity index (χ0n) is 10.9. The number of nitrogens with zero attached hydrogens (tertiary/aromatic N) is 2. The van der Waals surface area contributed by atoms with Gasteiger partial charge in [-0.25, -0.2) is 0 Å². The van der Waals surface area contributed by atoms with Gasteiger partial charge in [0.05, 0.1) is 25.6 Å². The van der Waals surface area contributed by atoms with E-state index < -0.39 is 0 Å². The highest BCUT2D eigenvalue weighted by Gasteiger charge is 2.25. The summed E-state index contributed by atoms with van der Waals surface area (Å²) in [4.78, 5) is 2.30. The lowest BCUT2D eigenvalue weighted by molar-refractivity contribution is 0.405. The Bertz CT molecular complexity index is 441. The number of piperazine rings is 1. The molecule has 1 saturated heterocycles. The summed E-state index contributed by atoms with van der Waals surface area (Å²) in [5, 5.41) is 12.3. The maximum atomic E-state index is 8.92. The van der Waals surface area contributed by atoms with Crippen LogP contribution < -0.4 is 15.0 Å². The van der Waals surface area contributed by atoms with Gasteiger partial charge < -0.3 is 15.0 Å². The van der Waals surface area contributed by atoms with E-state index in [4.69, 9.17) is 10.00 Å². The summed E-state index contributed by atoms with van der Waals surface area (Å²) in [5.74, 6) is 0.856. The van der Waals surface area contributed by atoms with E-state index in [0.29, 0.717) is 12.5 Å². The van der Waals surface area contributed by atoms with Crippen molar-refractivity contribution in [2.45, 2.75) is 25.4 Å². The first-order chi connectivity index (χ1) is 8.74. The molecule has 0 amide bonds. The van der Waals surface area contributed by atoms with Crippen molar-refractivity contribution in [3.05, 3.63) is 24.3 Å². The number of nitriles is 1. The molecule has 1 N–H and O–H groups in total. The number of hydrogen-bond donors (Lipinski definition) is 1. The van der Waals surface area contributed by atoms with Crippen LogP contribution in [0.25, 0.3) is 0 Å². The monoisotopic (exact) mass is 245 g/mol. The van der Waals surface area contributed by atoms with Gasteiger partial charge in [-0.05, 0) is 19.1 Å². The number of anilines is 1. The van der Waals surface area contributed by atoms with Crippen LogP contribution in [0.2, 0.25) is 0 Å². The molecule has 2 rings (SSSR count). The fraction of sp³-hybridized carbons (Fsp3) is 0.500. The molecular formula is C14H19N3O. The van der Waals surface area contributed by atoms with Gasteiger partial charge in [-0.2, -0.15) is 5.26 Å². The third-order valence-corrected chi connectivity index (χ3v) is 3.33. The van der Waals surface area contributed by atoms with Crippen LogP contribution in [-0.4, -0.2) is 32.3 Å². The second-order valence-corrected chi connectivity index (χ2v) is 4.68. The minimum atomic E-state index is 0.235. The van der Waals surface area contributed by atoms with E-state index in [1.807, 2.05) is 18.2 Å². The topological polar surface area (TPSA) is 48.3 Å². The third kappa shape index (κ3) is 2.74. The summed E-state index contributed by atoms with van der Waals surface area (Å²) in [6.45, 7) is 3.93. The molecule has 1 fully saturated rings. The SMILES string of the molecule is COc1cccc(N2CC(C)NCC2CC#N)c1. The number of ether oxygens (including phenoxy) is 1. The van der Waals surface area contributed by atoms with E-state index in [1.165, 1.54) is 0 Å². The maximum Gasteiger partial charge on any atom is 0.120 e. The van der Waals surface area contributed by atoms with Gasteiger partial charge in [-0.1, -0.05) is 6.07 Å². The Morgan fingerprint density at radius 2 is 2.39 bits per heavy atom. The molecule has 0 aromatic heterocycles. The van der Waals surface area contributed by atoms with Crippen LogP contribution >= 0.6 is 0 Å². The van der Waals surface area contributed by atoms with Gasteiger partial charge in [0.25, 0.3) is 0 Å². The Kier molecular flexibility index (Phi) is 4.06. The molecule has 18 heavy (non-hydrogen) atoms. The second-order valence-electron chi connectivity index (χ2n) is 4.68. The molecule has 0 aliphatic carbocycles. The lowest BCUT2D eigenvalue weighted by Gasteiger charge is -2.40. The molecule has 2 atom stereocenters. The predicted octanol–water partition coefficient (Wildman–Crippen LogP) is 1.78. The van der Waals surface area contributed by atoms with Crippen molar-refractivity contribution < 1.29 is 4.74 Å². The number of nitrogens with one attached hydrogen (secondary N) is 1. The summed E-state index contributed by atoms with van der Waals surface area (Å²) in [7, 11) is 1.67. The normalized spacial score (nSPS) is 23.5. The van der Waals surface area contributed by atoms with Crippen molar-refractivity contribution in [2.75, 3.05) is 25.1 Å². The van der Waals surface area contributed by atoms with Gasteiger partial charge in [0, 0.05) is 30.9 Å². The van der Waals surface area contributed by atoms with Crippen LogP contribution in [0.15, 0.2) is 24.3 Å². The fourth-order valence-corrected chi connectivity index (χ4v) is 2.35. The Labute approximate surface area is 108 Å². The number of methoxy groups -OCH3 is 1. The second kappa shape index (κ2) is 5.74. The minimum Gasteiger partial charge on any atom is -0.497 e. The van der Waals surface area contributed by atoms with Crippen LogP contribution in [0, 0.1) is 11.3 Å². The van der Waals surface area contributed by atoms with Crippen LogP contribution in [0.5, 0.6) is 5.75 Å². The molecular weight excluding hydrogens is 226 g/mol. The maximum absolute atomic E-state index is 8.92. The zero-order chi connectivity index (χ0) is 13.0. The summed E-state index contributed by atoms with van der Waals surface area (Å²) in [5.41, 5.74) is 1.13. The summed E-state index contributed by atoms with van der Waals surface area (Å²) < 4.78 is 5.26. The van der Waals surface area contributed by atoms with Gasteiger partial charge in [0.2, 0.25) is 0 Å². The first-order valence-electron chi connectivity index (χ1n) is 6.25. The summed E-state index contributed by atoms with van der Waals surface area (Å²) in [6.07, 6.45) is 0.539. The van der Waals surface area contributed by atoms with Crippen LogP contribution in [0.1, 0.15) is 13.3 Å². The quantitative estimate of drug-likeness (QED) is 0.881. The van der Waals surface area contributed by atoms with Crippen LogP contribution in [-0.2, 0) is 0 Å². The standard InChI is InChI=1S/C14H19N3O/c1-11-10-17(13(6-7-15)9-16-11)12-4-3-5-14(8-12)18-2/h3-5,8,11,13,16H,6,9-10H2,1-2H3. The van der Waals surface area contributed by atoms with Crippen molar-refractivity contribution in [1.29, 1.82) is 5.26 Å². The Balaban J connectivity index is 2.23. The average Bonchev–Trinajstić information content (AvgIpc) is 2.41. The lowest BCUT2D eigenvalue weighted by atomic mass is 10.1. The van der Waals surface area contributed by atoms with Gasteiger partial charge in [-0.15, -0.1) is 0 Å². The van der Waals surface area contributed by atoms with Crippen molar-refractivity contribution in [1.82, 2.24) is 5.32 Å². The Hall–Kier alpha value is -1.73. The van der Waals surface area contributed by atoms with Crippen molar-refractivity contribution >= 4 is 5.69 Å². The first kappa shape index (κ1) is 12.7. The molecule has 0 spiro atoms. The molecule has 0 bridgehead atoms. The Morgan fingerprint density at radius 3 is 3.11 bits per heavy atom.